The quantitative estimate of drug-likeness (QED) is 0.826. The van der Waals surface area contributed by atoms with Gasteiger partial charge in [0.05, 0.1) is 0 Å². The lowest BCUT2D eigenvalue weighted by atomic mass is 9.96. The van der Waals surface area contributed by atoms with Gasteiger partial charge in [0.15, 0.2) is 0 Å². The lowest BCUT2D eigenvalue weighted by molar-refractivity contribution is 0.0922. The molecule has 6 nitrogen and oxygen atoms in total. The molecule has 0 unspecified atom stereocenters. The Kier molecular flexibility index (Phi) is 6.86. The van der Waals surface area contributed by atoms with Gasteiger partial charge in [-0.15, -0.1) is 0 Å². The molecule has 7 heteroatoms. The Morgan fingerprint density at radius 3 is 2.21 bits per heavy atom. The van der Waals surface area contributed by atoms with Crippen LogP contribution in [0.4, 0.5) is 0 Å². The van der Waals surface area contributed by atoms with Crippen molar-refractivity contribution in [1.82, 2.24) is 14.2 Å². The topological polar surface area (TPSA) is 71.4 Å². The highest BCUT2D eigenvalue weighted by Crippen LogP contribution is 2.27. The molecule has 1 amide bonds. The van der Waals surface area contributed by atoms with Crippen LogP contribution in [0.1, 0.15) is 80.9 Å². The van der Waals surface area contributed by atoms with Crippen LogP contribution in [0.2, 0.25) is 0 Å². The van der Waals surface area contributed by atoms with E-state index in [-0.39, 0.29) is 16.8 Å². The van der Waals surface area contributed by atoms with Gasteiger partial charge in [0, 0.05) is 31.9 Å². The predicted molar refractivity (Wildman–Crippen MR) is 111 cm³/mol. The molecule has 2 fully saturated rings. The van der Waals surface area contributed by atoms with Crippen molar-refractivity contribution in [2.24, 2.45) is 13.0 Å². The number of carbonyl (C=O) groups excluding carboxylic acids is 1. The number of amides is 1. The zero-order valence-corrected chi connectivity index (χ0v) is 18.4. The van der Waals surface area contributed by atoms with Crippen molar-refractivity contribution >= 4 is 15.9 Å². The van der Waals surface area contributed by atoms with Crippen LogP contribution in [0.3, 0.4) is 0 Å². The van der Waals surface area contributed by atoms with Crippen LogP contribution in [0.5, 0.6) is 0 Å². The first-order valence-corrected chi connectivity index (χ1v) is 12.2. The van der Waals surface area contributed by atoms with Gasteiger partial charge in [-0.05, 0) is 44.6 Å². The largest absolute Gasteiger partial charge is 0.348 e. The summed E-state index contributed by atoms with van der Waals surface area (Å²) in [6.07, 6.45) is 9.82. The van der Waals surface area contributed by atoms with Gasteiger partial charge in [-0.25, -0.2) is 8.42 Å². The number of nitrogens with one attached hydrogen (secondary N) is 1. The molecule has 1 aromatic rings. The normalized spacial score (nSPS) is 21.2. The van der Waals surface area contributed by atoms with Crippen molar-refractivity contribution in [3.05, 3.63) is 17.5 Å². The molecule has 1 N–H and O–H groups in total. The van der Waals surface area contributed by atoms with Crippen LogP contribution in [0.25, 0.3) is 0 Å². The maximum atomic E-state index is 13.2. The molecule has 158 valence electrons. The van der Waals surface area contributed by atoms with Crippen molar-refractivity contribution < 1.29 is 13.2 Å². The summed E-state index contributed by atoms with van der Waals surface area (Å²) in [5.74, 6) is 0.401. The summed E-state index contributed by atoms with van der Waals surface area (Å²) >= 11 is 0. The van der Waals surface area contributed by atoms with Crippen LogP contribution in [-0.4, -0.2) is 42.3 Å². The Balaban J connectivity index is 1.77. The third-order valence-electron chi connectivity index (χ3n) is 6.52. The van der Waals surface area contributed by atoms with E-state index < -0.39 is 10.0 Å². The standard InChI is InChI=1S/C21H35N3O3S/c1-16-11-13-24(14-12-16)28(26,27)20-15-19(23(3)17(20)2)21(25)22-18-9-7-5-4-6-8-10-18/h15-16,18H,4-14H2,1-3H3,(H,22,25). The molecule has 2 heterocycles. The van der Waals surface area contributed by atoms with Gasteiger partial charge in [0.2, 0.25) is 10.0 Å². The number of nitrogens with zero attached hydrogens (tertiary/aromatic N) is 2. The average molecular weight is 410 g/mol. The van der Waals surface area contributed by atoms with E-state index in [4.69, 9.17) is 0 Å². The van der Waals surface area contributed by atoms with E-state index in [0.717, 1.165) is 38.5 Å². The molecule has 1 saturated carbocycles. The lowest BCUT2D eigenvalue weighted by Gasteiger charge is -2.29. The molecule has 1 saturated heterocycles. The molecule has 2 aliphatic rings. The van der Waals surface area contributed by atoms with Gasteiger partial charge in [0.25, 0.3) is 5.91 Å². The highest BCUT2D eigenvalue weighted by atomic mass is 32.2. The zero-order chi connectivity index (χ0) is 20.3. The minimum absolute atomic E-state index is 0.162. The summed E-state index contributed by atoms with van der Waals surface area (Å²) in [5, 5.41) is 3.15. The predicted octanol–water partition coefficient (Wildman–Crippen LogP) is 3.60. The number of sulfonamides is 1. The van der Waals surface area contributed by atoms with E-state index in [1.807, 2.05) is 0 Å². The second kappa shape index (κ2) is 8.99. The maximum absolute atomic E-state index is 13.2. The van der Waals surface area contributed by atoms with Crippen molar-refractivity contribution in [1.29, 1.82) is 0 Å². The molecule has 0 bridgehead atoms. The number of aromatic nitrogens is 1. The number of rotatable bonds is 4. The maximum Gasteiger partial charge on any atom is 0.268 e. The van der Waals surface area contributed by atoms with E-state index >= 15 is 0 Å². The van der Waals surface area contributed by atoms with Gasteiger partial charge in [-0.3, -0.25) is 4.79 Å². The molecule has 3 rings (SSSR count). The number of carbonyl (C=O) groups is 1. The van der Waals surface area contributed by atoms with E-state index in [0.29, 0.717) is 30.4 Å². The number of hydrogen-bond acceptors (Lipinski definition) is 3. The molecule has 0 atom stereocenters. The molecule has 1 aliphatic carbocycles. The third-order valence-corrected chi connectivity index (χ3v) is 8.54. The summed E-state index contributed by atoms with van der Waals surface area (Å²) in [5.41, 5.74) is 1.06. The summed E-state index contributed by atoms with van der Waals surface area (Å²) in [6.45, 7) is 5.06. The summed E-state index contributed by atoms with van der Waals surface area (Å²) in [7, 11) is -1.79. The summed E-state index contributed by atoms with van der Waals surface area (Å²) in [4.78, 5) is 13.2. The first-order chi connectivity index (χ1) is 13.3. The molecule has 28 heavy (non-hydrogen) atoms. The molecule has 0 spiro atoms. The monoisotopic (exact) mass is 409 g/mol. The molecule has 1 aromatic heterocycles. The van der Waals surface area contributed by atoms with E-state index in [2.05, 4.69) is 12.2 Å². The Labute approximate surface area is 169 Å². The Hall–Kier alpha value is -1.34. The van der Waals surface area contributed by atoms with E-state index in [1.165, 1.54) is 19.3 Å². The smallest absolute Gasteiger partial charge is 0.268 e. The lowest BCUT2D eigenvalue weighted by Crippen LogP contribution is -2.38. The van der Waals surface area contributed by atoms with Gasteiger partial charge in [-0.2, -0.15) is 4.31 Å². The van der Waals surface area contributed by atoms with Crippen molar-refractivity contribution in [2.75, 3.05) is 13.1 Å². The fraction of sp³-hybridized carbons (Fsp3) is 0.762. The molecule has 0 aromatic carbocycles. The number of piperidine rings is 1. The molecule has 1 aliphatic heterocycles. The van der Waals surface area contributed by atoms with Gasteiger partial charge in [0.1, 0.15) is 10.6 Å². The van der Waals surface area contributed by atoms with Crippen LogP contribution in [0.15, 0.2) is 11.0 Å². The molecule has 0 radical (unpaired) electrons. The zero-order valence-electron chi connectivity index (χ0n) is 17.5. The fourth-order valence-electron chi connectivity index (χ4n) is 4.37. The minimum Gasteiger partial charge on any atom is -0.348 e. The highest BCUT2D eigenvalue weighted by molar-refractivity contribution is 7.89. The van der Waals surface area contributed by atoms with Crippen LogP contribution < -0.4 is 5.32 Å². The number of hydrogen-bond donors (Lipinski definition) is 1. The second-order valence-corrected chi connectivity index (χ2v) is 10.5. The highest BCUT2D eigenvalue weighted by Gasteiger charge is 2.32. The van der Waals surface area contributed by atoms with Crippen molar-refractivity contribution in [3.63, 3.8) is 0 Å². The van der Waals surface area contributed by atoms with Crippen LogP contribution >= 0.6 is 0 Å². The van der Waals surface area contributed by atoms with Gasteiger partial charge >= 0.3 is 0 Å². The van der Waals surface area contributed by atoms with Crippen molar-refractivity contribution in [3.8, 4) is 0 Å². The summed E-state index contributed by atoms with van der Waals surface area (Å²) < 4.78 is 29.6. The SMILES string of the molecule is Cc1c(S(=O)(=O)N2CCC(C)CC2)cc(C(=O)NC2CCCCCCC2)n1C. The van der Waals surface area contributed by atoms with E-state index in [1.54, 1.807) is 28.9 Å². The third kappa shape index (κ3) is 4.62. The van der Waals surface area contributed by atoms with Crippen molar-refractivity contribution in [2.45, 2.75) is 82.6 Å². The minimum atomic E-state index is -3.56. The van der Waals surface area contributed by atoms with E-state index in [9.17, 15) is 13.2 Å². The Morgan fingerprint density at radius 2 is 1.61 bits per heavy atom. The Morgan fingerprint density at radius 1 is 1.04 bits per heavy atom. The fourth-order valence-corrected chi connectivity index (χ4v) is 6.12. The summed E-state index contributed by atoms with van der Waals surface area (Å²) in [6, 6.07) is 1.76. The van der Waals surface area contributed by atoms with Crippen LogP contribution in [-0.2, 0) is 17.1 Å². The van der Waals surface area contributed by atoms with Gasteiger partial charge < -0.3 is 9.88 Å². The molecular formula is C21H35N3O3S. The second-order valence-electron chi connectivity index (χ2n) is 8.64. The van der Waals surface area contributed by atoms with Crippen LogP contribution in [0, 0.1) is 12.8 Å². The first-order valence-electron chi connectivity index (χ1n) is 10.8. The first kappa shape index (κ1) is 21.4. The average Bonchev–Trinajstić information content (AvgIpc) is 2.93. The molecular weight excluding hydrogens is 374 g/mol. The Bertz CT molecular complexity index is 784. The van der Waals surface area contributed by atoms with Gasteiger partial charge in [-0.1, -0.05) is 39.0 Å².